The van der Waals surface area contributed by atoms with E-state index in [1.54, 1.807) is 51.2 Å². The first-order valence-electron chi connectivity index (χ1n) is 11.4. The highest BCUT2D eigenvalue weighted by Crippen LogP contribution is 2.46. The number of hydrogen-bond donors (Lipinski definition) is 4. The number of aliphatic hydroxyl groups is 2. The van der Waals surface area contributed by atoms with E-state index in [1.165, 1.54) is 17.9 Å². The summed E-state index contributed by atoms with van der Waals surface area (Å²) in [6, 6.07) is 7.92. The minimum Gasteiger partial charge on any atom is -0.462 e. The Bertz CT molecular complexity index is 1070. The number of aliphatic hydroxyl groups excluding tert-OH is 1. The summed E-state index contributed by atoms with van der Waals surface area (Å²) < 4.78 is 23.1. The van der Waals surface area contributed by atoms with Gasteiger partial charge in [-0.15, -0.1) is 0 Å². The third-order valence-corrected chi connectivity index (χ3v) is 7.90. The lowest BCUT2D eigenvalue weighted by atomic mass is 9.96. The molecule has 2 heterocycles. The molecule has 0 amide bonds. The highest BCUT2D eigenvalue weighted by Gasteiger charge is 2.55. The van der Waals surface area contributed by atoms with Gasteiger partial charge in [-0.25, -0.2) is 10.1 Å². The van der Waals surface area contributed by atoms with Gasteiger partial charge in [-0.1, -0.05) is 24.8 Å². The Kier molecular flexibility index (Phi) is 8.94. The van der Waals surface area contributed by atoms with Crippen molar-refractivity contribution in [2.75, 3.05) is 6.61 Å². The molecular weight excluding hydrogens is 507 g/mol. The summed E-state index contributed by atoms with van der Waals surface area (Å²) in [5.41, 5.74) is 3.98. The van der Waals surface area contributed by atoms with E-state index in [4.69, 9.17) is 36.1 Å². The SMILES string of the molecule is C=C1N=C(N)C=CN1[C@@H]1O[C@H](COP(=S)(NC(C)C(=O)OC(C)C)Oc2ccccc2)[C@@H](O)[C@@]1(C)O. The number of rotatable bonds is 10. The van der Waals surface area contributed by atoms with Crippen molar-refractivity contribution in [2.24, 2.45) is 10.7 Å². The van der Waals surface area contributed by atoms with Gasteiger partial charge in [0.25, 0.3) is 0 Å². The predicted octanol–water partition coefficient (Wildman–Crippen LogP) is 1.73. The van der Waals surface area contributed by atoms with Gasteiger partial charge < -0.3 is 39.4 Å². The van der Waals surface area contributed by atoms with E-state index >= 15 is 0 Å². The lowest BCUT2D eigenvalue weighted by Gasteiger charge is -2.35. The summed E-state index contributed by atoms with van der Waals surface area (Å²) in [4.78, 5) is 17.9. The fraction of sp³-hybridized carbons (Fsp3) is 0.478. The molecule has 1 aromatic carbocycles. The zero-order chi connectivity index (χ0) is 26.7. The number of hydrogen-bond acceptors (Lipinski definition) is 11. The molecule has 2 aliphatic rings. The van der Waals surface area contributed by atoms with Crippen LogP contribution in [0.2, 0.25) is 0 Å². The fourth-order valence-electron chi connectivity index (χ4n) is 3.58. The van der Waals surface area contributed by atoms with Crippen molar-refractivity contribution in [3.05, 3.63) is 55.0 Å². The first-order chi connectivity index (χ1) is 16.8. The standard InChI is InChI=1S/C23H33N4O7PS/c1-14(2)32-21(29)15(3)26-35(36,34-17-9-7-6-8-10-17)31-13-18-20(28)23(5,30)22(33-18)27-12-11-19(24)25-16(27)4/h6-12,14-15,18,20,22,28,30H,4,13H2,1-3,5H3,(H2,24,25)(H,26,36)/t15?,18-,20-,22-,23-,35?/m1/s1. The molecule has 13 heteroatoms. The molecule has 0 aliphatic carbocycles. The van der Waals surface area contributed by atoms with Gasteiger partial charge in [0.15, 0.2) is 6.23 Å². The molecule has 0 saturated carbocycles. The van der Waals surface area contributed by atoms with Gasteiger partial charge in [-0.05, 0) is 57.7 Å². The molecule has 198 valence electrons. The van der Waals surface area contributed by atoms with Crippen molar-refractivity contribution in [3.8, 4) is 5.75 Å². The molecule has 11 nitrogen and oxygen atoms in total. The number of nitrogens with two attached hydrogens (primary N) is 1. The molecule has 1 fully saturated rings. The van der Waals surface area contributed by atoms with Crippen LogP contribution in [0, 0.1) is 0 Å². The van der Waals surface area contributed by atoms with Gasteiger partial charge in [0.1, 0.15) is 41.3 Å². The summed E-state index contributed by atoms with van der Waals surface area (Å²) in [5.74, 6) is 0.408. The Morgan fingerprint density at radius 3 is 2.67 bits per heavy atom. The number of benzene rings is 1. The van der Waals surface area contributed by atoms with Crippen molar-refractivity contribution < 1.29 is 33.5 Å². The minimum absolute atomic E-state index is 0.241. The van der Waals surface area contributed by atoms with E-state index in [9.17, 15) is 15.0 Å². The van der Waals surface area contributed by atoms with Crippen LogP contribution in [0.3, 0.4) is 0 Å². The van der Waals surface area contributed by atoms with Gasteiger partial charge in [0.2, 0.25) is 0 Å². The van der Waals surface area contributed by atoms with Crippen LogP contribution in [-0.2, 0) is 30.6 Å². The van der Waals surface area contributed by atoms with E-state index in [0.717, 1.165) is 0 Å². The lowest BCUT2D eigenvalue weighted by molar-refractivity contribution is -0.149. The molecule has 1 aromatic rings. The van der Waals surface area contributed by atoms with Crippen LogP contribution in [0.15, 0.2) is 60.0 Å². The fourth-order valence-corrected chi connectivity index (χ4v) is 6.00. The third kappa shape index (κ3) is 6.71. The summed E-state index contributed by atoms with van der Waals surface area (Å²) in [6.07, 6.45) is -0.588. The minimum atomic E-state index is -3.36. The number of para-hydroxylation sites is 1. The Labute approximate surface area is 215 Å². The number of nitrogens with one attached hydrogen (secondary N) is 1. The average molecular weight is 541 g/mol. The van der Waals surface area contributed by atoms with Crippen molar-refractivity contribution in [2.45, 2.75) is 63.9 Å². The molecule has 3 rings (SSSR count). The summed E-state index contributed by atoms with van der Waals surface area (Å²) >= 11 is 5.69. The summed E-state index contributed by atoms with van der Waals surface area (Å²) in [6.45, 7) is 6.73. The number of carbonyl (C=O) groups excluding carboxylic acids is 1. The number of aliphatic imine (C=N–C) groups is 1. The van der Waals surface area contributed by atoms with Crippen molar-refractivity contribution in [1.29, 1.82) is 0 Å². The van der Waals surface area contributed by atoms with Crippen LogP contribution < -0.4 is 15.3 Å². The maximum atomic E-state index is 12.4. The lowest BCUT2D eigenvalue weighted by Crippen LogP contribution is -2.51. The predicted molar refractivity (Wildman–Crippen MR) is 138 cm³/mol. The number of ether oxygens (including phenoxy) is 2. The van der Waals surface area contributed by atoms with Crippen molar-refractivity contribution in [3.63, 3.8) is 0 Å². The van der Waals surface area contributed by atoms with Crippen LogP contribution in [0.25, 0.3) is 0 Å². The van der Waals surface area contributed by atoms with Gasteiger partial charge in [0.05, 0.1) is 12.7 Å². The number of esters is 1. The molecule has 1 saturated heterocycles. The average Bonchev–Trinajstić information content (AvgIpc) is 3.01. The molecule has 0 spiro atoms. The Morgan fingerprint density at radius 1 is 1.39 bits per heavy atom. The first-order valence-corrected chi connectivity index (χ1v) is 14.0. The maximum Gasteiger partial charge on any atom is 0.323 e. The van der Waals surface area contributed by atoms with E-state index in [0.29, 0.717) is 5.75 Å². The zero-order valence-corrected chi connectivity index (χ0v) is 22.3. The Morgan fingerprint density at radius 2 is 2.06 bits per heavy atom. The van der Waals surface area contributed by atoms with E-state index in [-0.39, 0.29) is 24.4 Å². The molecule has 0 radical (unpaired) electrons. The maximum absolute atomic E-state index is 12.4. The Hall–Kier alpha value is -2.31. The van der Waals surface area contributed by atoms with E-state index in [2.05, 4.69) is 16.7 Å². The second-order valence-corrected chi connectivity index (χ2v) is 12.0. The van der Waals surface area contributed by atoms with Crippen LogP contribution in [0.1, 0.15) is 27.7 Å². The molecule has 0 bridgehead atoms. The smallest absolute Gasteiger partial charge is 0.323 e. The second-order valence-electron chi connectivity index (χ2n) is 8.91. The monoisotopic (exact) mass is 540 g/mol. The second kappa shape index (κ2) is 11.4. The van der Waals surface area contributed by atoms with E-state index in [1.807, 2.05) is 6.07 Å². The summed E-state index contributed by atoms with van der Waals surface area (Å²) in [7, 11) is 0. The van der Waals surface area contributed by atoms with Gasteiger partial charge in [0, 0.05) is 6.20 Å². The van der Waals surface area contributed by atoms with Gasteiger partial charge in [-0.3, -0.25) is 4.79 Å². The van der Waals surface area contributed by atoms with Crippen LogP contribution in [0.5, 0.6) is 5.75 Å². The third-order valence-electron chi connectivity index (χ3n) is 5.40. The largest absolute Gasteiger partial charge is 0.462 e. The first kappa shape index (κ1) is 28.3. The molecule has 2 aliphatic heterocycles. The van der Waals surface area contributed by atoms with Crippen LogP contribution >= 0.6 is 6.64 Å². The normalized spacial score (nSPS) is 28.5. The van der Waals surface area contributed by atoms with Gasteiger partial charge in [-0.2, -0.15) is 0 Å². The quantitative estimate of drug-likeness (QED) is 0.254. The van der Waals surface area contributed by atoms with Crippen molar-refractivity contribution >= 4 is 30.3 Å². The van der Waals surface area contributed by atoms with E-state index < -0.39 is 42.7 Å². The number of carbonyl (C=O) groups is 1. The number of amidine groups is 1. The molecule has 2 unspecified atom stereocenters. The zero-order valence-electron chi connectivity index (χ0n) is 20.6. The molecule has 5 N–H and O–H groups in total. The number of nitrogens with zero attached hydrogens (tertiary/aromatic N) is 2. The van der Waals surface area contributed by atoms with Gasteiger partial charge >= 0.3 is 12.6 Å². The highest BCUT2D eigenvalue weighted by molar-refractivity contribution is 8.09. The van der Waals surface area contributed by atoms with Crippen LogP contribution in [0.4, 0.5) is 0 Å². The highest BCUT2D eigenvalue weighted by atomic mass is 32.5. The molecule has 0 aromatic heterocycles. The Balaban J connectivity index is 1.75. The topological polar surface area (TPSA) is 148 Å². The van der Waals surface area contributed by atoms with Crippen LogP contribution in [-0.4, -0.2) is 69.7 Å². The van der Waals surface area contributed by atoms with Crippen molar-refractivity contribution in [1.82, 2.24) is 9.99 Å². The molecule has 6 atom stereocenters. The summed E-state index contributed by atoms with van der Waals surface area (Å²) in [5, 5.41) is 24.8. The molecular formula is C23H33N4O7PS. The molecule has 36 heavy (non-hydrogen) atoms.